The minimum Gasteiger partial charge on any atom is -0.369 e. The average molecular weight is 303 g/mol. The molecule has 1 fully saturated rings. The van der Waals surface area contributed by atoms with Crippen molar-refractivity contribution in [3.63, 3.8) is 0 Å². The molecule has 3 N–H and O–H groups in total. The van der Waals surface area contributed by atoms with Crippen LogP contribution in [0.5, 0.6) is 0 Å². The van der Waals surface area contributed by atoms with Crippen LogP contribution in [0.15, 0.2) is 24.4 Å². The first-order chi connectivity index (χ1) is 10.7. The van der Waals surface area contributed by atoms with Gasteiger partial charge in [0.2, 0.25) is 11.8 Å². The number of nitrogens with zero attached hydrogens (tertiary/aromatic N) is 1. The first-order valence-electron chi connectivity index (χ1n) is 8.15. The highest BCUT2D eigenvalue weighted by Crippen LogP contribution is 2.23. The molecule has 1 aromatic rings. The van der Waals surface area contributed by atoms with Crippen LogP contribution < -0.4 is 11.1 Å². The van der Waals surface area contributed by atoms with Crippen LogP contribution in [0.4, 0.5) is 0 Å². The van der Waals surface area contributed by atoms with Crippen molar-refractivity contribution >= 4 is 11.8 Å². The van der Waals surface area contributed by atoms with Gasteiger partial charge in [-0.3, -0.25) is 14.6 Å². The van der Waals surface area contributed by atoms with E-state index in [1.165, 1.54) is 0 Å². The summed E-state index contributed by atoms with van der Waals surface area (Å²) in [5.41, 5.74) is 6.48. The highest BCUT2D eigenvalue weighted by Gasteiger charge is 2.28. The van der Waals surface area contributed by atoms with E-state index < -0.39 is 0 Å². The van der Waals surface area contributed by atoms with E-state index in [1.807, 2.05) is 18.2 Å². The van der Waals surface area contributed by atoms with Gasteiger partial charge in [0.05, 0.1) is 5.92 Å². The molecule has 5 heteroatoms. The lowest BCUT2D eigenvalue weighted by Crippen LogP contribution is -2.44. The summed E-state index contributed by atoms with van der Waals surface area (Å²) in [6.45, 7) is 0. The maximum absolute atomic E-state index is 12.1. The van der Waals surface area contributed by atoms with Crippen molar-refractivity contribution in [1.82, 2.24) is 10.3 Å². The maximum atomic E-state index is 12.1. The van der Waals surface area contributed by atoms with Gasteiger partial charge in [0.25, 0.3) is 0 Å². The topological polar surface area (TPSA) is 85.1 Å². The van der Waals surface area contributed by atoms with Crippen molar-refractivity contribution in [3.8, 4) is 0 Å². The fourth-order valence-corrected chi connectivity index (χ4v) is 3.08. The summed E-state index contributed by atoms with van der Waals surface area (Å²) in [5, 5.41) is 3.02. The molecule has 0 radical (unpaired) electrons. The molecule has 1 saturated carbocycles. The molecule has 1 heterocycles. The number of pyridine rings is 1. The number of carbonyl (C=O) groups excluding carboxylic acids is 2. The van der Waals surface area contributed by atoms with Crippen molar-refractivity contribution in [3.05, 3.63) is 30.1 Å². The Labute approximate surface area is 131 Å². The predicted octanol–water partition coefficient (Wildman–Crippen LogP) is 1.95. The summed E-state index contributed by atoms with van der Waals surface area (Å²) in [4.78, 5) is 27.9. The van der Waals surface area contributed by atoms with Gasteiger partial charge in [-0.15, -0.1) is 0 Å². The number of nitrogens with two attached hydrogens (primary N) is 1. The monoisotopic (exact) mass is 303 g/mol. The smallest absolute Gasteiger partial charge is 0.222 e. The van der Waals surface area contributed by atoms with Gasteiger partial charge in [0.1, 0.15) is 0 Å². The van der Waals surface area contributed by atoms with Crippen LogP contribution in [-0.4, -0.2) is 22.8 Å². The SMILES string of the molecule is NC(=O)[C@H]1CCCCC[C@H]1NC(=O)CCCc1ccccn1. The summed E-state index contributed by atoms with van der Waals surface area (Å²) < 4.78 is 0. The van der Waals surface area contributed by atoms with Crippen molar-refractivity contribution in [1.29, 1.82) is 0 Å². The molecule has 0 unspecified atom stereocenters. The molecule has 2 rings (SSSR count). The zero-order valence-corrected chi connectivity index (χ0v) is 13.0. The minimum atomic E-state index is -0.291. The number of aryl methyl sites for hydroxylation is 1. The van der Waals surface area contributed by atoms with Crippen LogP contribution in [0.1, 0.15) is 50.6 Å². The maximum Gasteiger partial charge on any atom is 0.222 e. The van der Waals surface area contributed by atoms with E-state index in [1.54, 1.807) is 6.20 Å². The van der Waals surface area contributed by atoms with Crippen LogP contribution in [0, 0.1) is 5.92 Å². The van der Waals surface area contributed by atoms with Crippen molar-refractivity contribution < 1.29 is 9.59 Å². The number of carbonyl (C=O) groups is 2. The number of rotatable bonds is 6. The number of amides is 2. The van der Waals surface area contributed by atoms with E-state index in [2.05, 4.69) is 10.3 Å². The Kier molecular flexibility index (Phi) is 6.37. The Morgan fingerprint density at radius 2 is 2.05 bits per heavy atom. The third kappa shape index (κ3) is 5.13. The van der Waals surface area contributed by atoms with Gasteiger partial charge in [-0.2, -0.15) is 0 Å². The van der Waals surface area contributed by atoms with Gasteiger partial charge in [0.15, 0.2) is 0 Å². The average Bonchev–Trinajstić information content (AvgIpc) is 2.74. The quantitative estimate of drug-likeness (QED) is 0.788. The molecule has 22 heavy (non-hydrogen) atoms. The molecular formula is C17H25N3O2. The number of primary amides is 1. The normalized spacial score (nSPS) is 21.8. The molecule has 120 valence electrons. The fraction of sp³-hybridized carbons (Fsp3) is 0.588. The van der Waals surface area contributed by atoms with E-state index >= 15 is 0 Å². The van der Waals surface area contributed by atoms with Crippen molar-refractivity contribution in [2.45, 2.75) is 57.4 Å². The van der Waals surface area contributed by atoms with E-state index in [9.17, 15) is 9.59 Å². The molecule has 5 nitrogen and oxygen atoms in total. The second-order valence-corrected chi connectivity index (χ2v) is 6.00. The molecule has 0 aromatic carbocycles. The minimum absolute atomic E-state index is 0.00841. The second kappa shape index (κ2) is 8.51. The van der Waals surface area contributed by atoms with Crippen LogP contribution in [0.3, 0.4) is 0 Å². The van der Waals surface area contributed by atoms with Crippen LogP contribution >= 0.6 is 0 Å². The molecule has 1 aromatic heterocycles. The molecule has 1 aliphatic rings. The van der Waals surface area contributed by atoms with Crippen LogP contribution in [-0.2, 0) is 16.0 Å². The van der Waals surface area contributed by atoms with Gasteiger partial charge in [-0.25, -0.2) is 0 Å². The third-order valence-electron chi connectivity index (χ3n) is 4.29. The zero-order valence-electron chi connectivity index (χ0n) is 13.0. The van der Waals surface area contributed by atoms with Crippen molar-refractivity contribution in [2.75, 3.05) is 0 Å². The lowest BCUT2D eigenvalue weighted by molar-refractivity contribution is -0.125. The summed E-state index contributed by atoms with van der Waals surface area (Å²) in [5.74, 6) is -0.503. The highest BCUT2D eigenvalue weighted by atomic mass is 16.2. The summed E-state index contributed by atoms with van der Waals surface area (Å²) in [7, 11) is 0. The molecule has 2 atom stereocenters. The van der Waals surface area contributed by atoms with Gasteiger partial charge >= 0.3 is 0 Å². The molecule has 0 bridgehead atoms. The predicted molar refractivity (Wildman–Crippen MR) is 84.9 cm³/mol. The Morgan fingerprint density at radius 1 is 1.23 bits per heavy atom. The Morgan fingerprint density at radius 3 is 2.77 bits per heavy atom. The highest BCUT2D eigenvalue weighted by molar-refractivity contribution is 5.80. The van der Waals surface area contributed by atoms with E-state index in [4.69, 9.17) is 5.73 Å². The molecule has 1 aliphatic carbocycles. The lowest BCUT2D eigenvalue weighted by atomic mass is 9.94. The first kappa shape index (κ1) is 16.5. The Balaban J connectivity index is 1.78. The van der Waals surface area contributed by atoms with Crippen molar-refractivity contribution in [2.24, 2.45) is 11.7 Å². The van der Waals surface area contributed by atoms with Gasteiger partial charge in [-0.1, -0.05) is 25.3 Å². The fourth-order valence-electron chi connectivity index (χ4n) is 3.08. The standard InChI is InChI=1S/C17H25N3O2/c18-17(22)14-9-2-1-3-10-15(14)20-16(21)11-6-8-13-7-4-5-12-19-13/h4-5,7,12,14-15H,1-3,6,8-11H2,(H2,18,22)(H,20,21)/t14-,15+/m0/s1. The second-order valence-electron chi connectivity index (χ2n) is 6.00. The van der Waals surface area contributed by atoms with Gasteiger partial charge < -0.3 is 11.1 Å². The number of hydrogen-bond acceptors (Lipinski definition) is 3. The number of hydrogen-bond donors (Lipinski definition) is 2. The summed E-state index contributed by atoms with van der Waals surface area (Å²) in [6.07, 6.45) is 8.57. The largest absolute Gasteiger partial charge is 0.369 e. The first-order valence-corrected chi connectivity index (χ1v) is 8.15. The number of aromatic nitrogens is 1. The van der Waals surface area contributed by atoms with Gasteiger partial charge in [-0.05, 0) is 37.8 Å². The van der Waals surface area contributed by atoms with Crippen LogP contribution in [0.25, 0.3) is 0 Å². The van der Waals surface area contributed by atoms with E-state index in [0.29, 0.717) is 6.42 Å². The summed E-state index contributed by atoms with van der Waals surface area (Å²) >= 11 is 0. The number of nitrogens with one attached hydrogen (secondary N) is 1. The molecule has 0 spiro atoms. The zero-order chi connectivity index (χ0) is 15.8. The molecular weight excluding hydrogens is 278 g/mol. The van der Waals surface area contributed by atoms with Crippen LogP contribution in [0.2, 0.25) is 0 Å². The third-order valence-corrected chi connectivity index (χ3v) is 4.29. The molecule has 2 amide bonds. The molecule has 0 saturated heterocycles. The van der Waals surface area contributed by atoms with E-state index in [0.717, 1.165) is 50.6 Å². The molecule has 0 aliphatic heterocycles. The lowest BCUT2D eigenvalue weighted by Gasteiger charge is -2.23. The van der Waals surface area contributed by atoms with Gasteiger partial charge in [0, 0.05) is 24.4 Å². The Hall–Kier alpha value is -1.91. The Bertz CT molecular complexity index is 490. The summed E-state index contributed by atoms with van der Waals surface area (Å²) in [6, 6.07) is 5.70. The van der Waals surface area contributed by atoms with E-state index in [-0.39, 0.29) is 23.8 Å².